The molecular weight excluding hydrogens is 262 g/mol. The van der Waals surface area contributed by atoms with E-state index in [1.807, 2.05) is 0 Å². The number of benzene rings is 1. The zero-order valence-corrected chi connectivity index (χ0v) is 11.8. The highest BCUT2D eigenvalue weighted by Gasteiger charge is 2.10. The van der Waals surface area contributed by atoms with Crippen molar-refractivity contribution in [2.45, 2.75) is 39.4 Å². The third kappa shape index (κ3) is 4.38. The molecule has 0 bridgehead atoms. The first-order valence-corrected chi connectivity index (χ1v) is 6.40. The summed E-state index contributed by atoms with van der Waals surface area (Å²) in [5.41, 5.74) is 0.500. The number of hydrogen-bond donors (Lipinski definition) is 1. The molecule has 0 fully saturated rings. The lowest BCUT2D eigenvalue weighted by Gasteiger charge is -2.19. The molecule has 0 aliphatic carbocycles. The topological polar surface area (TPSA) is 42.7 Å². The molecule has 20 heavy (non-hydrogen) atoms. The van der Waals surface area contributed by atoms with Gasteiger partial charge in [0, 0.05) is 11.6 Å². The van der Waals surface area contributed by atoms with E-state index in [-0.39, 0.29) is 12.1 Å². The maximum atomic E-state index is 13.1. The summed E-state index contributed by atoms with van der Waals surface area (Å²) in [4.78, 5) is 4.16. The van der Waals surface area contributed by atoms with E-state index in [0.717, 1.165) is 6.07 Å². The van der Waals surface area contributed by atoms with Crippen LogP contribution >= 0.6 is 0 Å². The molecule has 1 aromatic heterocycles. The lowest BCUT2D eigenvalue weighted by Crippen LogP contribution is -2.35. The van der Waals surface area contributed by atoms with Crippen molar-refractivity contribution in [2.24, 2.45) is 0 Å². The van der Waals surface area contributed by atoms with Gasteiger partial charge in [0.1, 0.15) is 18.0 Å². The summed E-state index contributed by atoms with van der Waals surface area (Å²) in [6.07, 6.45) is 1.56. The van der Waals surface area contributed by atoms with Crippen LogP contribution in [0.4, 0.5) is 8.78 Å². The van der Waals surface area contributed by atoms with Gasteiger partial charge in [-0.15, -0.1) is 0 Å². The monoisotopic (exact) mass is 280 g/mol. The smallest absolute Gasteiger partial charge is 0.164 e. The second kappa shape index (κ2) is 5.66. The van der Waals surface area contributed by atoms with Crippen LogP contribution in [0.15, 0.2) is 24.5 Å². The Morgan fingerprint density at radius 1 is 1.15 bits per heavy atom. The van der Waals surface area contributed by atoms with E-state index in [2.05, 4.69) is 36.2 Å². The Hall–Kier alpha value is -1.82. The van der Waals surface area contributed by atoms with Crippen LogP contribution < -0.4 is 5.32 Å². The minimum atomic E-state index is -0.588. The third-order valence-electron chi connectivity index (χ3n) is 2.63. The molecule has 1 N–H and O–H groups in total. The average molecular weight is 280 g/mol. The van der Waals surface area contributed by atoms with Gasteiger partial charge < -0.3 is 5.32 Å². The molecule has 0 spiro atoms. The van der Waals surface area contributed by atoms with E-state index in [0.29, 0.717) is 17.9 Å². The summed E-state index contributed by atoms with van der Waals surface area (Å²) >= 11 is 0. The van der Waals surface area contributed by atoms with Crippen molar-refractivity contribution in [3.05, 3.63) is 47.5 Å². The summed E-state index contributed by atoms with van der Waals surface area (Å²) < 4.78 is 27.7. The Kier molecular flexibility index (Phi) is 4.13. The van der Waals surface area contributed by atoms with Crippen LogP contribution in [-0.4, -0.2) is 20.3 Å². The van der Waals surface area contributed by atoms with Gasteiger partial charge in [-0.25, -0.2) is 18.4 Å². The number of rotatable bonds is 4. The van der Waals surface area contributed by atoms with Gasteiger partial charge in [0.25, 0.3) is 0 Å². The highest BCUT2D eigenvalue weighted by atomic mass is 19.1. The highest BCUT2D eigenvalue weighted by molar-refractivity contribution is 5.17. The second-order valence-electron chi connectivity index (χ2n) is 5.74. The normalized spacial score (nSPS) is 11.8. The van der Waals surface area contributed by atoms with Gasteiger partial charge >= 0.3 is 0 Å². The number of aromatic nitrogens is 3. The number of nitrogens with one attached hydrogen (secondary N) is 1. The average Bonchev–Trinajstić information content (AvgIpc) is 2.72. The van der Waals surface area contributed by atoms with Crippen LogP contribution in [-0.2, 0) is 13.1 Å². The molecule has 0 amide bonds. The lowest BCUT2D eigenvalue weighted by atomic mass is 10.1. The molecule has 0 aliphatic heterocycles. The van der Waals surface area contributed by atoms with Crippen molar-refractivity contribution in [1.29, 1.82) is 0 Å². The molecule has 0 unspecified atom stereocenters. The maximum Gasteiger partial charge on any atom is 0.164 e. The first-order valence-electron chi connectivity index (χ1n) is 6.40. The summed E-state index contributed by atoms with van der Waals surface area (Å²) in [5.74, 6) is -0.527. The van der Waals surface area contributed by atoms with E-state index >= 15 is 0 Å². The van der Waals surface area contributed by atoms with E-state index in [9.17, 15) is 8.78 Å². The van der Waals surface area contributed by atoms with E-state index in [1.165, 1.54) is 12.1 Å². The molecule has 0 saturated carbocycles. The standard InChI is InChI=1S/C14H18F2N4/c1-14(2,3)18-7-13-17-9-20(19-13)8-10-4-11(15)6-12(16)5-10/h4-6,9,18H,7-8H2,1-3H3. The zero-order chi connectivity index (χ0) is 14.8. The van der Waals surface area contributed by atoms with Crippen LogP contribution in [0.5, 0.6) is 0 Å². The number of hydrogen-bond acceptors (Lipinski definition) is 3. The molecule has 1 heterocycles. The summed E-state index contributed by atoms with van der Waals surface area (Å²) in [5, 5.41) is 7.54. The van der Waals surface area contributed by atoms with Crippen molar-refractivity contribution >= 4 is 0 Å². The Balaban J connectivity index is 2.02. The molecule has 0 atom stereocenters. The first-order chi connectivity index (χ1) is 9.32. The van der Waals surface area contributed by atoms with Gasteiger partial charge in [-0.2, -0.15) is 5.10 Å². The number of halogens is 2. The van der Waals surface area contributed by atoms with Gasteiger partial charge in [-0.3, -0.25) is 0 Å². The molecule has 4 nitrogen and oxygen atoms in total. The first kappa shape index (κ1) is 14.6. The Bertz CT molecular complexity index is 567. The molecule has 0 radical (unpaired) electrons. The highest BCUT2D eigenvalue weighted by Crippen LogP contribution is 2.09. The van der Waals surface area contributed by atoms with E-state index in [4.69, 9.17) is 0 Å². The predicted molar refractivity (Wildman–Crippen MR) is 72.1 cm³/mol. The van der Waals surface area contributed by atoms with Gasteiger partial charge in [0.05, 0.1) is 13.1 Å². The van der Waals surface area contributed by atoms with Crippen molar-refractivity contribution in [2.75, 3.05) is 0 Å². The van der Waals surface area contributed by atoms with E-state index < -0.39 is 11.6 Å². The SMILES string of the molecule is CC(C)(C)NCc1ncn(Cc2cc(F)cc(F)c2)n1. The van der Waals surface area contributed by atoms with Crippen LogP contribution in [0.2, 0.25) is 0 Å². The second-order valence-corrected chi connectivity index (χ2v) is 5.74. The number of nitrogens with zero attached hydrogens (tertiary/aromatic N) is 3. The Labute approximate surface area is 116 Å². The molecule has 2 aromatic rings. The Morgan fingerprint density at radius 2 is 1.80 bits per heavy atom. The fourth-order valence-electron chi connectivity index (χ4n) is 1.72. The summed E-state index contributed by atoms with van der Waals surface area (Å²) in [6.45, 7) is 7.00. The largest absolute Gasteiger partial charge is 0.305 e. The fraction of sp³-hybridized carbons (Fsp3) is 0.429. The van der Waals surface area contributed by atoms with Gasteiger partial charge in [0.15, 0.2) is 5.82 Å². The summed E-state index contributed by atoms with van der Waals surface area (Å²) in [7, 11) is 0. The van der Waals surface area contributed by atoms with Crippen molar-refractivity contribution in [3.8, 4) is 0 Å². The predicted octanol–water partition coefficient (Wildman–Crippen LogP) is 2.49. The molecule has 0 aliphatic rings. The quantitative estimate of drug-likeness (QED) is 0.935. The lowest BCUT2D eigenvalue weighted by molar-refractivity contribution is 0.417. The van der Waals surface area contributed by atoms with Crippen molar-refractivity contribution in [1.82, 2.24) is 20.1 Å². The van der Waals surface area contributed by atoms with E-state index in [1.54, 1.807) is 11.0 Å². The fourth-order valence-corrected chi connectivity index (χ4v) is 1.72. The van der Waals surface area contributed by atoms with Crippen molar-refractivity contribution in [3.63, 3.8) is 0 Å². The van der Waals surface area contributed by atoms with Crippen LogP contribution in [0.25, 0.3) is 0 Å². The van der Waals surface area contributed by atoms with Gasteiger partial charge in [0.2, 0.25) is 0 Å². The van der Waals surface area contributed by atoms with Crippen LogP contribution in [0.3, 0.4) is 0 Å². The van der Waals surface area contributed by atoms with Crippen LogP contribution in [0, 0.1) is 11.6 Å². The third-order valence-corrected chi connectivity index (χ3v) is 2.63. The van der Waals surface area contributed by atoms with Crippen LogP contribution in [0.1, 0.15) is 32.2 Å². The zero-order valence-electron chi connectivity index (χ0n) is 11.8. The Morgan fingerprint density at radius 3 is 2.40 bits per heavy atom. The summed E-state index contributed by atoms with van der Waals surface area (Å²) in [6, 6.07) is 3.43. The minimum absolute atomic E-state index is 0.0167. The molecule has 0 saturated heterocycles. The molecular formula is C14H18F2N4. The molecule has 6 heteroatoms. The van der Waals surface area contributed by atoms with Gasteiger partial charge in [-0.05, 0) is 38.5 Å². The maximum absolute atomic E-state index is 13.1. The molecule has 108 valence electrons. The van der Waals surface area contributed by atoms with Crippen molar-refractivity contribution < 1.29 is 8.78 Å². The van der Waals surface area contributed by atoms with Gasteiger partial charge in [-0.1, -0.05) is 0 Å². The minimum Gasteiger partial charge on any atom is -0.305 e. The molecule has 2 rings (SSSR count). The molecule has 1 aromatic carbocycles.